The molecule has 0 atom stereocenters. The number of anilines is 1. The highest BCUT2D eigenvalue weighted by Gasteiger charge is 2.32. The number of benzene rings is 2. The lowest BCUT2D eigenvalue weighted by atomic mass is 9.97. The van der Waals surface area contributed by atoms with E-state index in [2.05, 4.69) is 5.32 Å². The Hall–Kier alpha value is -2.38. The van der Waals surface area contributed by atoms with Crippen LogP contribution in [0.4, 0.5) is 5.69 Å². The van der Waals surface area contributed by atoms with E-state index < -0.39 is 10.0 Å². The normalized spacial score (nSPS) is 15.8. The fourth-order valence-corrected chi connectivity index (χ4v) is 4.92. The first-order valence-corrected chi connectivity index (χ1v) is 11.4. The Morgan fingerprint density at radius 1 is 1.07 bits per heavy atom. The first-order valence-electron chi connectivity index (χ1n) is 9.92. The second-order valence-corrected chi connectivity index (χ2v) is 9.31. The van der Waals surface area contributed by atoms with Gasteiger partial charge in [0.05, 0.1) is 11.5 Å². The van der Waals surface area contributed by atoms with Crippen molar-refractivity contribution in [2.45, 2.75) is 38.5 Å². The summed E-state index contributed by atoms with van der Waals surface area (Å²) in [6.45, 7) is 7.12. The third kappa shape index (κ3) is 4.97. The summed E-state index contributed by atoms with van der Waals surface area (Å²) in [5.41, 5.74) is 3.08. The maximum Gasteiger partial charge on any atom is 0.243 e. The topological polar surface area (TPSA) is 75.7 Å². The van der Waals surface area contributed by atoms with Crippen molar-refractivity contribution in [1.82, 2.24) is 4.31 Å². The maximum absolute atomic E-state index is 12.9. The molecule has 1 aliphatic heterocycles. The van der Waals surface area contributed by atoms with E-state index in [4.69, 9.17) is 4.74 Å². The molecule has 3 rings (SSSR count). The van der Waals surface area contributed by atoms with Crippen molar-refractivity contribution in [1.29, 1.82) is 0 Å². The molecule has 0 saturated carbocycles. The average molecular weight is 417 g/mol. The van der Waals surface area contributed by atoms with E-state index in [0.29, 0.717) is 38.3 Å². The molecule has 29 heavy (non-hydrogen) atoms. The second kappa shape index (κ2) is 8.97. The van der Waals surface area contributed by atoms with Crippen LogP contribution in [0.5, 0.6) is 5.75 Å². The lowest BCUT2D eigenvalue weighted by Gasteiger charge is -2.30. The summed E-state index contributed by atoms with van der Waals surface area (Å²) < 4.78 is 32.6. The van der Waals surface area contributed by atoms with Gasteiger partial charge in [-0.15, -0.1) is 0 Å². The molecule has 0 bridgehead atoms. The highest BCUT2D eigenvalue weighted by atomic mass is 32.2. The van der Waals surface area contributed by atoms with Crippen LogP contribution in [0.3, 0.4) is 0 Å². The molecule has 1 N–H and O–H groups in total. The van der Waals surface area contributed by atoms with E-state index in [9.17, 15) is 13.2 Å². The molecule has 156 valence electrons. The summed E-state index contributed by atoms with van der Waals surface area (Å²) in [4.78, 5) is 12.8. The van der Waals surface area contributed by atoms with Crippen LogP contribution in [-0.2, 0) is 14.8 Å². The predicted molar refractivity (Wildman–Crippen MR) is 114 cm³/mol. The van der Waals surface area contributed by atoms with E-state index in [0.717, 1.165) is 11.3 Å². The van der Waals surface area contributed by atoms with Crippen molar-refractivity contribution in [2.24, 2.45) is 5.92 Å². The molecule has 2 aromatic carbocycles. The minimum atomic E-state index is -3.57. The van der Waals surface area contributed by atoms with Gasteiger partial charge in [-0.3, -0.25) is 4.79 Å². The molecule has 0 spiro atoms. The molecule has 0 aromatic heterocycles. The molecule has 1 heterocycles. The highest BCUT2D eigenvalue weighted by Crippen LogP contribution is 2.26. The van der Waals surface area contributed by atoms with Gasteiger partial charge in [-0.05, 0) is 81.1 Å². The van der Waals surface area contributed by atoms with Crippen molar-refractivity contribution < 1.29 is 17.9 Å². The molecule has 6 nitrogen and oxygen atoms in total. The van der Waals surface area contributed by atoms with Gasteiger partial charge in [0, 0.05) is 24.7 Å². The van der Waals surface area contributed by atoms with Crippen LogP contribution in [0.1, 0.15) is 30.9 Å². The first-order chi connectivity index (χ1) is 13.8. The molecule has 7 heteroatoms. The smallest absolute Gasteiger partial charge is 0.243 e. The highest BCUT2D eigenvalue weighted by molar-refractivity contribution is 7.89. The lowest BCUT2D eigenvalue weighted by molar-refractivity contribution is -0.120. The van der Waals surface area contributed by atoms with E-state index in [-0.39, 0.29) is 16.7 Å². The quantitative estimate of drug-likeness (QED) is 0.778. The second-order valence-electron chi connectivity index (χ2n) is 7.37. The Morgan fingerprint density at radius 2 is 1.72 bits per heavy atom. The van der Waals surface area contributed by atoms with Crippen molar-refractivity contribution in [3.63, 3.8) is 0 Å². The molecular weight excluding hydrogens is 388 g/mol. The van der Waals surface area contributed by atoms with Crippen molar-refractivity contribution in [2.75, 3.05) is 25.0 Å². The van der Waals surface area contributed by atoms with Crippen LogP contribution in [0, 0.1) is 19.8 Å². The molecule has 0 unspecified atom stereocenters. The Morgan fingerprint density at radius 3 is 2.31 bits per heavy atom. The molecule has 1 saturated heterocycles. The monoisotopic (exact) mass is 416 g/mol. The Labute approximate surface area is 172 Å². The number of ether oxygens (including phenoxy) is 1. The van der Waals surface area contributed by atoms with Crippen LogP contribution in [0.15, 0.2) is 47.4 Å². The number of rotatable bonds is 6. The number of carbonyl (C=O) groups is 1. The van der Waals surface area contributed by atoms with Crippen molar-refractivity contribution >= 4 is 21.6 Å². The number of piperidine rings is 1. The Kier molecular flexibility index (Phi) is 6.59. The van der Waals surface area contributed by atoms with Crippen molar-refractivity contribution in [3.8, 4) is 5.75 Å². The molecular formula is C22H28N2O4S. The number of hydrogen-bond donors (Lipinski definition) is 1. The molecule has 1 fully saturated rings. The van der Waals surface area contributed by atoms with Gasteiger partial charge in [0.2, 0.25) is 15.9 Å². The van der Waals surface area contributed by atoms with Gasteiger partial charge in [0.25, 0.3) is 0 Å². The number of nitrogens with zero attached hydrogens (tertiary/aromatic N) is 1. The van der Waals surface area contributed by atoms with Crippen molar-refractivity contribution in [3.05, 3.63) is 53.6 Å². The zero-order valence-electron chi connectivity index (χ0n) is 17.1. The van der Waals surface area contributed by atoms with E-state index in [1.165, 1.54) is 9.87 Å². The molecule has 0 aliphatic carbocycles. The first kappa shape index (κ1) is 21.3. The number of amides is 1. The van der Waals surface area contributed by atoms with Gasteiger partial charge in [0.1, 0.15) is 5.75 Å². The number of carbonyl (C=O) groups excluding carboxylic acids is 1. The molecule has 1 aliphatic rings. The zero-order valence-corrected chi connectivity index (χ0v) is 18.0. The number of nitrogens with one attached hydrogen (secondary N) is 1. The van der Waals surface area contributed by atoms with E-state index in [1.54, 1.807) is 24.3 Å². The Bertz CT molecular complexity index is 963. The summed E-state index contributed by atoms with van der Waals surface area (Å²) in [6, 6.07) is 12.3. The van der Waals surface area contributed by atoms with Gasteiger partial charge in [-0.25, -0.2) is 8.42 Å². The fraction of sp³-hybridized carbons (Fsp3) is 0.409. The van der Waals surface area contributed by atoms with Gasteiger partial charge < -0.3 is 10.1 Å². The summed E-state index contributed by atoms with van der Waals surface area (Å²) in [6.07, 6.45) is 1.01. The summed E-state index contributed by atoms with van der Waals surface area (Å²) in [5, 5.41) is 2.96. The fourth-order valence-electron chi connectivity index (χ4n) is 3.45. The van der Waals surface area contributed by atoms with Gasteiger partial charge >= 0.3 is 0 Å². The van der Waals surface area contributed by atoms with Crippen LogP contribution >= 0.6 is 0 Å². The largest absolute Gasteiger partial charge is 0.494 e. The molecule has 2 aromatic rings. The molecule has 0 radical (unpaired) electrons. The minimum absolute atomic E-state index is 0.0497. The van der Waals surface area contributed by atoms with Crippen LogP contribution in [-0.4, -0.2) is 38.3 Å². The number of hydrogen-bond acceptors (Lipinski definition) is 4. The third-order valence-electron chi connectivity index (χ3n) is 5.37. The maximum atomic E-state index is 12.9. The zero-order chi connectivity index (χ0) is 21.0. The SMILES string of the molecule is CCOc1ccc(S(=O)(=O)N2CCC(C(=O)Nc3ccc(C)c(C)c3)CC2)cc1. The van der Waals surface area contributed by atoms with Crippen LogP contribution < -0.4 is 10.1 Å². The Balaban J connectivity index is 1.60. The number of sulfonamides is 1. The van der Waals surface area contributed by atoms with Gasteiger partial charge in [-0.1, -0.05) is 6.07 Å². The molecule has 1 amide bonds. The van der Waals surface area contributed by atoms with E-state index >= 15 is 0 Å². The standard InChI is InChI=1S/C22H28N2O4S/c1-4-28-20-7-9-21(10-8-20)29(26,27)24-13-11-18(12-14-24)22(25)23-19-6-5-16(2)17(3)15-19/h5-10,15,18H,4,11-14H2,1-3H3,(H,23,25). The third-order valence-corrected chi connectivity index (χ3v) is 7.28. The van der Waals surface area contributed by atoms with Crippen LogP contribution in [0.2, 0.25) is 0 Å². The van der Waals surface area contributed by atoms with Crippen LogP contribution in [0.25, 0.3) is 0 Å². The van der Waals surface area contributed by atoms with E-state index in [1.807, 2.05) is 39.0 Å². The lowest BCUT2D eigenvalue weighted by Crippen LogP contribution is -2.41. The predicted octanol–water partition coefficient (Wildman–Crippen LogP) is 3.74. The number of aryl methyl sites for hydroxylation is 2. The van der Waals surface area contributed by atoms with Gasteiger partial charge in [-0.2, -0.15) is 4.31 Å². The average Bonchev–Trinajstić information content (AvgIpc) is 2.71. The summed E-state index contributed by atoms with van der Waals surface area (Å²) in [5.74, 6) is 0.405. The summed E-state index contributed by atoms with van der Waals surface area (Å²) in [7, 11) is -3.57. The summed E-state index contributed by atoms with van der Waals surface area (Å²) >= 11 is 0. The minimum Gasteiger partial charge on any atom is -0.494 e. The van der Waals surface area contributed by atoms with Gasteiger partial charge in [0.15, 0.2) is 0 Å².